The Bertz CT molecular complexity index is 387. The topological polar surface area (TPSA) is 35.6 Å². The van der Waals surface area contributed by atoms with Crippen molar-refractivity contribution in [2.45, 2.75) is 65.6 Å². The molecule has 0 spiro atoms. The van der Waals surface area contributed by atoms with Gasteiger partial charge in [-0.05, 0) is 57.7 Å². The lowest BCUT2D eigenvalue weighted by atomic mass is 9.79. The van der Waals surface area contributed by atoms with E-state index in [9.17, 15) is 4.79 Å². The number of amides is 1. The van der Waals surface area contributed by atoms with Crippen LogP contribution in [0.2, 0.25) is 0 Å². The summed E-state index contributed by atoms with van der Waals surface area (Å²) in [4.78, 5) is 17.4. The van der Waals surface area contributed by atoms with Gasteiger partial charge in [0.1, 0.15) is 0 Å². The van der Waals surface area contributed by atoms with Crippen LogP contribution >= 0.6 is 0 Å². The molecule has 0 bridgehead atoms. The number of nitrogens with zero attached hydrogens (tertiary/aromatic N) is 2. The van der Waals surface area contributed by atoms with Crippen molar-refractivity contribution in [3.63, 3.8) is 0 Å². The van der Waals surface area contributed by atoms with E-state index in [0.29, 0.717) is 11.8 Å². The summed E-state index contributed by atoms with van der Waals surface area (Å²) in [7, 11) is 2.19. The molecular formula is C17H33N3O. The van der Waals surface area contributed by atoms with Crippen LogP contribution in [-0.4, -0.2) is 54.1 Å². The quantitative estimate of drug-likeness (QED) is 0.864. The van der Waals surface area contributed by atoms with Crippen LogP contribution in [0.1, 0.15) is 53.9 Å². The Morgan fingerprint density at radius 1 is 1.29 bits per heavy atom. The number of rotatable bonds is 4. The SMILES string of the molecule is CCC1(C)NC(C(C)C)N(CC2(C)CCN(C)CC2)C1=O. The van der Waals surface area contributed by atoms with Gasteiger partial charge in [-0.1, -0.05) is 27.7 Å². The van der Waals surface area contributed by atoms with Crippen molar-refractivity contribution in [1.82, 2.24) is 15.1 Å². The van der Waals surface area contributed by atoms with Crippen molar-refractivity contribution in [2.24, 2.45) is 11.3 Å². The molecule has 122 valence electrons. The fourth-order valence-electron chi connectivity index (χ4n) is 3.59. The van der Waals surface area contributed by atoms with E-state index in [1.54, 1.807) is 0 Å². The molecule has 0 radical (unpaired) electrons. The monoisotopic (exact) mass is 295 g/mol. The van der Waals surface area contributed by atoms with Crippen LogP contribution in [0, 0.1) is 11.3 Å². The van der Waals surface area contributed by atoms with Gasteiger partial charge in [0.25, 0.3) is 0 Å². The first kappa shape index (κ1) is 16.8. The van der Waals surface area contributed by atoms with Gasteiger partial charge in [0.05, 0.1) is 11.7 Å². The van der Waals surface area contributed by atoms with Crippen molar-refractivity contribution < 1.29 is 4.79 Å². The van der Waals surface area contributed by atoms with E-state index in [1.165, 1.54) is 12.8 Å². The summed E-state index contributed by atoms with van der Waals surface area (Å²) in [6.45, 7) is 14.1. The maximum atomic E-state index is 12.9. The maximum absolute atomic E-state index is 12.9. The number of nitrogens with one attached hydrogen (secondary N) is 1. The molecule has 2 heterocycles. The Morgan fingerprint density at radius 2 is 1.86 bits per heavy atom. The predicted octanol–water partition coefficient (Wildman–Crippen LogP) is 2.30. The predicted molar refractivity (Wildman–Crippen MR) is 87.0 cm³/mol. The molecule has 21 heavy (non-hydrogen) atoms. The lowest BCUT2D eigenvalue weighted by molar-refractivity contribution is -0.135. The second-order valence-corrected chi connectivity index (χ2v) is 8.07. The molecule has 1 N–H and O–H groups in total. The fourth-order valence-corrected chi connectivity index (χ4v) is 3.59. The van der Waals surface area contributed by atoms with Crippen molar-refractivity contribution in [1.29, 1.82) is 0 Å². The third-order valence-corrected chi connectivity index (χ3v) is 5.62. The molecule has 2 unspecified atom stereocenters. The van der Waals surface area contributed by atoms with Crippen LogP contribution in [0.15, 0.2) is 0 Å². The zero-order valence-corrected chi connectivity index (χ0v) is 14.7. The maximum Gasteiger partial charge on any atom is 0.243 e. The zero-order valence-electron chi connectivity index (χ0n) is 14.7. The summed E-state index contributed by atoms with van der Waals surface area (Å²) >= 11 is 0. The van der Waals surface area contributed by atoms with E-state index in [4.69, 9.17) is 0 Å². The molecule has 0 aromatic heterocycles. The van der Waals surface area contributed by atoms with Crippen LogP contribution < -0.4 is 5.32 Å². The minimum absolute atomic E-state index is 0.180. The van der Waals surface area contributed by atoms with Crippen molar-refractivity contribution >= 4 is 5.91 Å². The summed E-state index contributed by atoms with van der Waals surface area (Å²) in [5.74, 6) is 0.737. The molecule has 2 aliphatic heterocycles. The molecule has 1 amide bonds. The molecule has 0 saturated carbocycles. The molecule has 4 heteroatoms. The third kappa shape index (κ3) is 3.26. The zero-order chi connectivity index (χ0) is 15.8. The molecule has 0 aromatic carbocycles. The summed E-state index contributed by atoms with van der Waals surface area (Å²) in [5, 5.41) is 3.60. The highest BCUT2D eigenvalue weighted by Crippen LogP contribution is 2.36. The van der Waals surface area contributed by atoms with E-state index in [2.05, 4.69) is 56.8 Å². The molecular weight excluding hydrogens is 262 g/mol. The van der Waals surface area contributed by atoms with Crippen LogP contribution in [-0.2, 0) is 4.79 Å². The number of piperidine rings is 1. The van der Waals surface area contributed by atoms with Gasteiger partial charge in [-0.25, -0.2) is 0 Å². The number of carbonyl (C=O) groups excluding carboxylic acids is 1. The van der Waals surface area contributed by atoms with Gasteiger partial charge in [0, 0.05) is 6.54 Å². The van der Waals surface area contributed by atoms with Crippen molar-refractivity contribution in [3.05, 3.63) is 0 Å². The highest BCUT2D eigenvalue weighted by atomic mass is 16.2. The number of carbonyl (C=O) groups is 1. The minimum Gasteiger partial charge on any atom is -0.325 e. The highest BCUT2D eigenvalue weighted by Gasteiger charge is 2.49. The number of hydrogen-bond donors (Lipinski definition) is 1. The first-order chi connectivity index (χ1) is 9.71. The molecule has 2 saturated heterocycles. The summed E-state index contributed by atoms with van der Waals surface area (Å²) in [6.07, 6.45) is 3.39. The Labute approximate surface area is 130 Å². The van der Waals surface area contributed by atoms with E-state index in [1.807, 2.05) is 0 Å². The van der Waals surface area contributed by atoms with Gasteiger partial charge in [0.2, 0.25) is 5.91 Å². The Kier molecular flexibility index (Phi) is 4.69. The van der Waals surface area contributed by atoms with Gasteiger partial charge < -0.3 is 9.80 Å². The van der Waals surface area contributed by atoms with Crippen LogP contribution in [0.3, 0.4) is 0 Å². The number of hydrogen-bond acceptors (Lipinski definition) is 3. The van der Waals surface area contributed by atoms with Gasteiger partial charge in [-0.2, -0.15) is 0 Å². The summed E-state index contributed by atoms with van der Waals surface area (Å²) in [5.41, 5.74) is -0.118. The normalized spacial score (nSPS) is 34.0. The van der Waals surface area contributed by atoms with E-state index in [0.717, 1.165) is 26.1 Å². The third-order valence-electron chi connectivity index (χ3n) is 5.62. The lowest BCUT2D eigenvalue weighted by Gasteiger charge is -2.42. The molecule has 4 nitrogen and oxygen atoms in total. The Morgan fingerprint density at radius 3 is 2.33 bits per heavy atom. The number of likely N-dealkylation sites (tertiary alicyclic amines) is 1. The average molecular weight is 295 g/mol. The highest BCUT2D eigenvalue weighted by molar-refractivity contribution is 5.88. The Balaban J connectivity index is 2.14. The second kappa shape index (κ2) is 5.88. The first-order valence-corrected chi connectivity index (χ1v) is 8.48. The van der Waals surface area contributed by atoms with E-state index < -0.39 is 0 Å². The molecule has 2 atom stereocenters. The van der Waals surface area contributed by atoms with Crippen molar-refractivity contribution in [2.75, 3.05) is 26.7 Å². The van der Waals surface area contributed by atoms with Gasteiger partial charge >= 0.3 is 0 Å². The van der Waals surface area contributed by atoms with Crippen LogP contribution in [0.4, 0.5) is 0 Å². The molecule has 2 aliphatic rings. The van der Waals surface area contributed by atoms with Gasteiger partial charge in [-0.3, -0.25) is 10.1 Å². The van der Waals surface area contributed by atoms with Crippen molar-refractivity contribution in [3.8, 4) is 0 Å². The largest absolute Gasteiger partial charge is 0.325 e. The van der Waals surface area contributed by atoms with Gasteiger partial charge in [0.15, 0.2) is 0 Å². The molecule has 0 aliphatic carbocycles. The first-order valence-electron chi connectivity index (χ1n) is 8.48. The molecule has 2 rings (SSSR count). The summed E-state index contributed by atoms with van der Waals surface area (Å²) in [6, 6.07) is 0. The smallest absolute Gasteiger partial charge is 0.243 e. The van der Waals surface area contributed by atoms with E-state index >= 15 is 0 Å². The second-order valence-electron chi connectivity index (χ2n) is 8.07. The molecule has 2 fully saturated rings. The fraction of sp³-hybridized carbons (Fsp3) is 0.941. The molecule has 0 aromatic rings. The summed E-state index contributed by atoms with van der Waals surface area (Å²) < 4.78 is 0. The minimum atomic E-state index is -0.378. The lowest BCUT2D eigenvalue weighted by Crippen LogP contribution is -2.49. The standard InChI is InChI=1S/C17H33N3O/c1-7-17(5)15(21)20(14(18-17)13(2)3)12-16(4)8-10-19(6)11-9-16/h13-14,18H,7-12H2,1-6H3. The average Bonchev–Trinajstić information content (AvgIpc) is 2.68. The Hall–Kier alpha value is -0.610. The van der Waals surface area contributed by atoms with Gasteiger partial charge in [-0.15, -0.1) is 0 Å². The van der Waals surface area contributed by atoms with E-state index in [-0.39, 0.29) is 17.1 Å². The van der Waals surface area contributed by atoms with Crippen LogP contribution in [0.5, 0.6) is 0 Å². The van der Waals surface area contributed by atoms with Crippen LogP contribution in [0.25, 0.3) is 0 Å².